The summed E-state index contributed by atoms with van der Waals surface area (Å²) in [5.41, 5.74) is 7.29. The van der Waals surface area contributed by atoms with E-state index in [1.165, 1.54) is 0 Å². The van der Waals surface area contributed by atoms with E-state index in [1.807, 2.05) is 24.3 Å². The molecule has 20 heavy (non-hydrogen) atoms. The maximum Gasteiger partial charge on any atom is 0.0885 e. The van der Waals surface area contributed by atoms with Gasteiger partial charge in [-0.2, -0.15) is 0 Å². The summed E-state index contributed by atoms with van der Waals surface area (Å²) < 4.78 is 0.862. The number of aliphatic hydroxyl groups excluding tert-OH is 1. The Bertz CT molecular complexity index is 606. The van der Waals surface area contributed by atoms with Gasteiger partial charge in [-0.15, -0.1) is 0 Å². The molecule has 0 saturated carbocycles. The Morgan fingerprint density at radius 1 is 1.05 bits per heavy atom. The first kappa shape index (κ1) is 15.8. The van der Waals surface area contributed by atoms with Gasteiger partial charge in [-0.05, 0) is 29.3 Å². The van der Waals surface area contributed by atoms with E-state index in [0.29, 0.717) is 15.6 Å². The number of hydrogen-bond acceptors (Lipinski definition) is 2. The predicted molar refractivity (Wildman–Crippen MR) is 87.4 cm³/mol. The van der Waals surface area contributed by atoms with Crippen molar-refractivity contribution in [2.24, 2.45) is 5.73 Å². The molecule has 2 rings (SSSR count). The van der Waals surface area contributed by atoms with E-state index in [9.17, 15) is 5.11 Å². The predicted octanol–water partition coefficient (Wildman–Crippen LogP) is 4.53. The maximum atomic E-state index is 10.6. The molecule has 5 heteroatoms. The quantitative estimate of drug-likeness (QED) is 0.825. The zero-order valence-corrected chi connectivity index (χ0v) is 13.7. The number of hydrogen-bond donors (Lipinski definition) is 2. The van der Waals surface area contributed by atoms with Gasteiger partial charge in [0.05, 0.1) is 6.10 Å². The summed E-state index contributed by atoms with van der Waals surface area (Å²) in [6, 6.07) is 12.8. The van der Waals surface area contributed by atoms with E-state index in [4.69, 9.17) is 28.9 Å². The normalized spacial score (nSPS) is 14.1. The Balaban J connectivity index is 2.39. The molecule has 0 spiro atoms. The van der Waals surface area contributed by atoms with Crippen LogP contribution in [0.4, 0.5) is 0 Å². The summed E-state index contributed by atoms with van der Waals surface area (Å²) >= 11 is 15.7. The zero-order valence-electron chi connectivity index (χ0n) is 10.6. The largest absolute Gasteiger partial charge is 0.388 e. The minimum Gasteiger partial charge on any atom is -0.388 e. The molecule has 0 aromatic heterocycles. The molecule has 0 fully saturated rings. The molecule has 0 saturated heterocycles. The van der Waals surface area contributed by atoms with E-state index < -0.39 is 6.10 Å². The number of nitrogens with two attached hydrogens (primary N) is 1. The summed E-state index contributed by atoms with van der Waals surface area (Å²) in [5.74, 6) is -0.303. The molecule has 0 aliphatic carbocycles. The number of benzene rings is 2. The van der Waals surface area contributed by atoms with Crippen LogP contribution in [-0.4, -0.2) is 11.7 Å². The lowest BCUT2D eigenvalue weighted by Gasteiger charge is -2.24. The number of rotatable bonds is 4. The highest BCUT2D eigenvalue weighted by molar-refractivity contribution is 9.10. The van der Waals surface area contributed by atoms with Crippen molar-refractivity contribution < 1.29 is 5.11 Å². The van der Waals surface area contributed by atoms with Crippen LogP contribution in [0.1, 0.15) is 23.1 Å². The zero-order chi connectivity index (χ0) is 14.7. The summed E-state index contributed by atoms with van der Waals surface area (Å²) in [6.45, 7) is 0.275. The van der Waals surface area contributed by atoms with Crippen LogP contribution in [0.25, 0.3) is 0 Å². The van der Waals surface area contributed by atoms with E-state index in [0.717, 1.165) is 10.0 Å². The van der Waals surface area contributed by atoms with Crippen molar-refractivity contribution in [2.45, 2.75) is 12.0 Å². The van der Waals surface area contributed by atoms with E-state index in [-0.39, 0.29) is 12.5 Å². The average Bonchev–Trinajstić information content (AvgIpc) is 2.41. The standard InChI is InChI=1S/C15H14BrCl2NO/c16-9-5-6-11(14(18)7-9)15(20)12(8-19)10-3-1-2-4-13(10)17/h1-7,12,15,20H,8,19H2. The maximum absolute atomic E-state index is 10.6. The number of aliphatic hydroxyl groups is 1. The molecular formula is C15H14BrCl2NO. The molecule has 2 aromatic rings. The highest BCUT2D eigenvalue weighted by Gasteiger charge is 2.25. The van der Waals surface area contributed by atoms with Crippen LogP contribution in [0.3, 0.4) is 0 Å². The third-order valence-corrected chi connectivity index (χ3v) is 4.39. The highest BCUT2D eigenvalue weighted by atomic mass is 79.9. The molecule has 2 atom stereocenters. The van der Waals surface area contributed by atoms with Crippen LogP contribution < -0.4 is 5.73 Å². The third-order valence-electron chi connectivity index (χ3n) is 3.22. The molecule has 0 heterocycles. The van der Waals surface area contributed by atoms with Crippen LogP contribution in [0.5, 0.6) is 0 Å². The second-order valence-corrected chi connectivity index (χ2v) is 6.20. The first-order valence-corrected chi connectivity index (χ1v) is 7.67. The van der Waals surface area contributed by atoms with Crippen molar-refractivity contribution in [3.8, 4) is 0 Å². The number of halogens is 3. The molecule has 2 nitrogen and oxygen atoms in total. The first-order chi connectivity index (χ1) is 9.54. The molecule has 0 aliphatic heterocycles. The van der Waals surface area contributed by atoms with Gasteiger partial charge in [0, 0.05) is 27.0 Å². The highest BCUT2D eigenvalue weighted by Crippen LogP contribution is 2.37. The molecular weight excluding hydrogens is 361 g/mol. The lowest BCUT2D eigenvalue weighted by Crippen LogP contribution is -2.20. The molecule has 0 amide bonds. The van der Waals surface area contributed by atoms with Gasteiger partial charge in [0.2, 0.25) is 0 Å². The Labute approximate surface area is 136 Å². The van der Waals surface area contributed by atoms with Gasteiger partial charge >= 0.3 is 0 Å². The molecule has 106 valence electrons. The lowest BCUT2D eigenvalue weighted by molar-refractivity contribution is 0.147. The van der Waals surface area contributed by atoms with E-state index >= 15 is 0 Å². The summed E-state index contributed by atoms with van der Waals surface area (Å²) in [4.78, 5) is 0. The monoisotopic (exact) mass is 373 g/mol. The van der Waals surface area contributed by atoms with E-state index in [1.54, 1.807) is 18.2 Å². The van der Waals surface area contributed by atoms with Gasteiger partial charge < -0.3 is 10.8 Å². The minimum atomic E-state index is -0.805. The van der Waals surface area contributed by atoms with Crippen molar-refractivity contribution in [3.05, 3.63) is 68.1 Å². The van der Waals surface area contributed by atoms with Crippen LogP contribution in [0.2, 0.25) is 10.0 Å². The Morgan fingerprint density at radius 2 is 1.75 bits per heavy atom. The van der Waals surface area contributed by atoms with Gasteiger partial charge in [-0.1, -0.05) is 63.4 Å². The fourth-order valence-electron chi connectivity index (χ4n) is 2.16. The van der Waals surface area contributed by atoms with Crippen molar-refractivity contribution in [1.29, 1.82) is 0 Å². The first-order valence-electron chi connectivity index (χ1n) is 6.12. The van der Waals surface area contributed by atoms with Gasteiger partial charge in [-0.25, -0.2) is 0 Å². The van der Waals surface area contributed by atoms with Crippen molar-refractivity contribution in [3.63, 3.8) is 0 Å². The van der Waals surface area contributed by atoms with Gasteiger partial charge in [0.25, 0.3) is 0 Å². The summed E-state index contributed by atoms with van der Waals surface area (Å²) in [6.07, 6.45) is -0.805. The Hall–Kier alpha value is -0.580. The second-order valence-electron chi connectivity index (χ2n) is 4.47. The van der Waals surface area contributed by atoms with Crippen LogP contribution in [0, 0.1) is 0 Å². The van der Waals surface area contributed by atoms with Crippen LogP contribution >= 0.6 is 39.1 Å². The Morgan fingerprint density at radius 3 is 2.35 bits per heavy atom. The van der Waals surface area contributed by atoms with Crippen molar-refractivity contribution in [2.75, 3.05) is 6.54 Å². The van der Waals surface area contributed by atoms with Crippen molar-refractivity contribution >= 4 is 39.1 Å². The molecule has 2 aromatic carbocycles. The summed E-state index contributed by atoms with van der Waals surface area (Å²) in [7, 11) is 0. The van der Waals surface area contributed by atoms with Crippen LogP contribution in [0.15, 0.2) is 46.9 Å². The van der Waals surface area contributed by atoms with Gasteiger partial charge in [0.1, 0.15) is 0 Å². The molecule has 2 unspecified atom stereocenters. The minimum absolute atomic E-state index is 0.275. The van der Waals surface area contributed by atoms with Crippen LogP contribution in [-0.2, 0) is 0 Å². The SMILES string of the molecule is NCC(c1ccccc1Cl)C(O)c1ccc(Br)cc1Cl. The third kappa shape index (κ3) is 3.35. The topological polar surface area (TPSA) is 46.2 Å². The van der Waals surface area contributed by atoms with Gasteiger partial charge in [-0.3, -0.25) is 0 Å². The van der Waals surface area contributed by atoms with Gasteiger partial charge in [0.15, 0.2) is 0 Å². The summed E-state index contributed by atoms with van der Waals surface area (Å²) in [5, 5.41) is 11.7. The molecule has 0 aliphatic rings. The second kappa shape index (κ2) is 6.92. The molecule has 3 N–H and O–H groups in total. The average molecular weight is 375 g/mol. The molecule has 0 bridgehead atoms. The smallest absolute Gasteiger partial charge is 0.0885 e. The van der Waals surface area contributed by atoms with E-state index in [2.05, 4.69) is 15.9 Å². The lowest BCUT2D eigenvalue weighted by atomic mass is 9.89. The Kier molecular flexibility index (Phi) is 5.47. The fraction of sp³-hybridized carbons (Fsp3) is 0.200. The molecule has 0 radical (unpaired) electrons. The fourth-order valence-corrected chi connectivity index (χ4v) is 3.22. The van der Waals surface area contributed by atoms with Crippen molar-refractivity contribution in [1.82, 2.24) is 0 Å².